The normalized spacial score (nSPS) is 23.4. The molecule has 5 nitrogen and oxygen atoms in total. The zero-order valence-corrected chi connectivity index (χ0v) is 11.0. The number of carbonyl (C=O) groups is 1. The molecule has 2 fully saturated rings. The number of morpholine rings is 1. The summed E-state index contributed by atoms with van der Waals surface area (Å²) >= 11 is 0. The first-order valence-corrected chi connectivity index (χ1v) is 6.72. The lowest BCUT2D eigenvalue weighted by Crippen LogP contribution is -2.44. The van der Waals surface area contributed by atoms with Gasteiger partial charge in [0.05, 0.1) is 12.7 Å². The van der Waals surface area contributed by atoms with Gasteiger partial charge in [-0.25, -0.2) is 9.78 Å². The van der Waals surface area contributed by atoms with Gasteiger partial charge in [0.15, 0.2) is 0 Å². The molecular weight excluding hydrogens is 244 g/mol. The number of aromatic nitrogens is 1. The van der Waals surface area contributed by atoms with E-state index in [-0.39, 0.29) is 11.7 Å². The lowest BCUT2D eigenvalue weighted by atomic mass is 10.1. The van der Waals surface area contributed by atoms with Crippen LogP contribution in [-0.2, 0) is 4.74 Å². The van der Waals surface area contributed by atoms with Crippen molar-refractivity contribution in [3.05, 3.63) is 23.4 Å². The molecule has 2 heterocycles. The predicted octanol–water partition coefficient (Wildman–Crippen LogP) is 1.70. The first kappa shape index (κ1) is 12.4. The Kier molecular flexibility index (Phi) is 3.14. The van der Waals surface area contributed by atoms with Crippen LogP contribution in [0.15, 0.2) is 12.1 Å². The average molecular weight is 262 g/mol. The number of carboxylic acids is 1. The fraction of sp³-hybridized carbons (Fsp3) is 0.571. The summed E-state index contributed by atoms with van der Waals surface area (Å²) in [6.45, 7) is 3.99. The molecule has 19 heavy (non-hydrogen) atoms. The lowest BCUT2D eigenvalue weighted by molar-refractivity contribution is 0.0259. The van der Waals surface area contributed by atoms with E-state index in [0.29, 0.717) is 24.9 Å². The zero-order chi connectivity index (χ0) is 13.4. The number of aryl methyl sites for hydroxylation is 1. The smallest absolute Gasteiger partial charge is 0.339 e. The molecule has 1 aromatic rings. The number of hydrogen-bond acceptors (Lipinski definition) is 4. The summed E-state index contributed by atoms with van der Waals surface area (Å²) in [5.41, 5.74) is 1.12. The Morgan fingerprint density at radius 2 is 2.26 bits per heavy atom. The molecule has 1 unspecified atom stereocenters. The maximum absolute atomic E-state index is 11.3. The number of nitrogens with zero attached hydrogens (tertiary/aromatic N) is 2. The van der Waals surface area contributed by atoms with Crippen LogP contribution in [0.4, 0.5) is 5.82 Å². The molecule has 1 saturated heterocycles. The number of ether oxygens (including phenoxy) is 1. The summed E-state index contributed by atoms with van der Waals surface area (Å²) in [5.74, 6) is 0.319. The van der Waals surface area contributed by atoms with Crippen molar-refractivity contribution in [2.24, 2.45) is 5.92 Å². The molecule has 3 rings (SSSR count). The van der Waals surface area contributed by atoms with Crippen LogP contribution in [0.3, 0.4) is 0 Å². The average Bonchev–Trinajstić information content (AvgIpc) is 3.23. The van der Waals surface area contributed by atoms with Crippen LogP contribution in [0.25, 0.3) is 0 Å². The van der Waals surface area contributed by atoms with Gasteiger partial charge in [-0.2, -0.15) is 0 Å². The molecule has 102 valence electrons. The van der Waals surface area contributed by atoms with Gasteiger partial charge < -0.3 is 14.7 Å². The summed E-state index contributed by atoms with van der Waals surface area (Å²) in [6, 6.07) is 3.38. The molecular formula is C14H18N2O3. The third-order valence-corrected chi connectivity index (χ3v) is 3.79. The molecule has 0 radical (unpaired) electrons. The van der Waals surface area contributed by atoms with Crippen molar-refractivity contribution < 1.29 is 14.6 Å². The van der Waals surface area contributed by atoms with Gasteiger partial charge in [0.1, 0.15) is 11.4 Å². The van der Waals surface area contributed by atoms with Crippen molar-refractivity contribution >= 4 is 11.8 Å². The molecule has 1 N–H and O–H groups in total. The van der Waals surface area contributed by atoms with Gasteiger partial charge in [-0.3, -0.25) is 0 Å². The van der Waals surface area contributed by atoms with Gasteiger partial charge in [-0.05, 0) is 37.8 Å². The maximum atomic E-state index is 11.3. The number of rotatable bonds is 3. The van der Waals surface area contributed by atoms with Crippen LogP contribution in [0, 0.1) is 12.8 Å². The third-order valence-electron chi connectivity index (χ3n) is 3.79. The first-order chi connectivity index (χ1) is 9.15. The number of hydrogen-bond donors (Lipinski definition) is 1. The van der Waals surface area contributed by atoms with Crippen molar-refractivity contribution in [3.63, 3.8) is 0 Å². The van der Waals surface area contributed by atoms with E-state index in [4.69, 9.17) is 4.74 Å². The van der Waals surface area contributed by atoms with Crippen LogP contribution in [-0.4, -0.2) is 41.9 Å². The fourth-order valence-electron chi connectivity index (χ4n) is 2.57. The highest BCUT2D eigenvalue weighted by Gasteiger charge is 2.36. The summed E-state index contributed by atoms with van der Waals surface area (Å²) < 4.78 is 5.77. The molecule has 0 aromatic carbocycles. The second-order valence-corrected chi connectivity index (χ2v) is 5.32. The minimum Gasteiger partial charge on any atom is -0.478 e. The topological polar surface area (TPSA) is 62.7 Å². The monoisotopic (exact) mass is 262 g/mol. The Balaban J connectivity index is 1.87. The number of aromatic carboxylic acids is 1. The highest BCUT2D eigenvalue weighted by atomic mass is 16.5. The van der Waals surface area contributed by atoms with E-state index < -0.39 is 5.97 Å². The predicted molar refractivity (Wildman–Crippen MR) is 70.6 cm³/mol. The lowest BCUT2D eigenvalue weighted by Gasteiger charge is -2.34. The molecule has 2 aliphatic rings. The number of carboxylic acid groups (broad SMARTS) is 1. The Morgan fingerprint density at radius 3 is 2.95 bits per heavy atom. The molecule has 0 spiro atoms. The summed E-state index contributed by atoms with van der Waals surface area (Å²) in [7, 11) is 0. The zero-order valence-electron chi connectivity index (χ0n) is 11.0. The van der Waals surface area contributed by atoms with E-state index in [2.05, 4.69) is 9.88 Å². The SMILES string of the molecule is Cc1ccc(C(=O)O)c(N2CCOC(C3CC3)C2)n1. The molecule has 5 heteroatoms. The van der Waals surface area contributed by atoms with E-state index in [1.807, 2.05) is 6.92 Å². The van der Waals surface area contributed by atoms with Gasteiger partial charge >= 0.3 is 5.97 Å². The molecule has 1 aliphatic carbocycles. The van der Waals surface area contributed by atoms with E-state index >= 15 is 0 Å². The van der Waals surface area contributed by atoms with Crippen molar-refractivity contribution in [1.29, 1.82) is 0 Å². The minimum atomic E-state index is -0.919. The van der Waals surface area contributed by atoms with Gasteiger partial charge in [0, 0.05) is 18.8 Å². The van der Waals surface area contributed by atoms with E-state index in [9.17, 15) is 9.90 Å². The Morgan fingerprint density at radius 1 is 1.47 bits per heavy atom. The van der Waals surface area contributed by atoms with E-state index in [0.717, 1.165) is 12.2 Å². The van der Waals surface area contributed by atoms with Gasteiger partial charge in [-0.1, -0.05) is 0 Å². The Bertz CT molecular complexity index is 499. The van der Waals surface area contributed by atoms with Crippen molar-refractivity contribution in [3.8, 4) is 0 Å². The molecule has 1 aliphatic heterocycles. The van der Waals surface area contributed by atoms with Crippen LogP contribution < -0.4 is 4.90 Å². The molecule has 1 saturated carbocycles. The van der Waals surface area contributed by atoms with Crippen LogP contribution in [0.5, 0.6) is 0 Å². The van der Waals surface area contributed by atoms with Gasteiger partial charge in [0.2, 0.25) is 0 Å². The van der Waals surface area contributed by atoms with Crippen molar-refractivity contribution in [1.82, 2.24) is 4.98 Å². The first-order valence-electron chi connectivity index (χ1n) is 6.72. The minimum absolute atomic E-state index is 0.234. The van der Waals surface area contributed by atoms with E-state index in [1.165, 1.54) is 12.8 Å². The van der Waals surface area contributed by atoms with Gasteiger partial charge in [0.25, 0.3) is 0 Å². The Hall–Kier alpha value is -1.62. The largest absolute Gasteiger partial charge is 0.478 e. The fourth-order valence-corrected chi connectivity index (χ4v) is 2.57. The number of pyridine rings is 1. The number of anilines is 1. The van der Waals surface area contributed by atoms with Crippen molar-refractivity contribution in [2.45, 2.75) is 25.9 Å². The second-order valence-electron chi connectivity index (χ2n) is 5.32. The molecule has 1 aromatic heterocycles. The van der Waals surface area contributed by atoms with Crippen LogP contribution >= 0.6 is 0 Å². The highest BCUT2D eigenvalue weighted by molar-refractivity contribution is 5.93. The molecule has 1 atom stereocenters. The summed E-state index contributed by atoms with van der Waals surface area (Å²) in [5, 5.41) is 9.28. The van der Waals surface area contributed by atoms with Crippen LogP contribution in [0.1, 0.15) is 28.9 Å². The van der Waals surface area contributed by atoms with Crippen molar-refractivity contribution in [2.75, 3.05) is 24.6 Å². The standard InChI is InChI=1S/C14H18N2O3/c1-9-2-5-11(14(17)18)13(15-9)16-6-7-19-12(8-16)10-3-4-10/h2,5,10,12H,3-4,6-8H2,1H3,(H,17,18). The third kappa shape index (κ3) is 2.56. The van der Waals surface area contributed by atoms with E-state index in [1.54, 1.807) is 12.1 Å². The van der Waals surface area contributed by atoms with Crippen LogP contribution in [0.2, 0.25) is 0 Å². The quantitative estimate of drug-likeness (QED) is 0.898. The maximum Gasteiger partial charge on any atom is 0.339 e. The molecule has 0 bridgehead atoms. The highest BCUT2D eigenvalue weighted by Crippen LogP contribution is 2.36. The molecule has 0 amide bonds. The second kappa shape index (κ2) is 4.81. The summed E-state index contributed by atoms with van der Waals surface area (Å²) in [4.78, 5) is 17.8. The summed E-state index contributed by atoms with van der Waals surface area (Å²) in [6.07, 6.45) is 2.69. The Labute approximate surface area is 112 Å². The van der Waals surface area contributed by atoms with Gasteiger partial charge in [-0.15, -0.1) is 0 Å².